The van der Waals surface area contributed by atoms with E-state index in [4.69, 9.17) is 0 Å². The van der Waals surface area contributed by atoms with Gasteiger partial charge in [-0.15, -0.1) is 0 Å². The van der Waals surface area contributed by atoms with Crippen LogP contribution < -0.4 is 20.8 Å². The summed E-state index contributed by atoms with van der Waals surface area (Å²) in [5, 5.41) is 26.6. The van der Waals surface area contributed by atoms with E-state index in [9.17, 15) is 27.0 Å². The molecule has 1 saturated heterocycles. The molecule has 30 heavy (non-hydrogen) atoms. The zero-order chi connectivity index (χ0) is 21.8. The van der Waals surface area contributed by atoms with E-state index in [1.165, 1.54) is 50.4 Å². The summed E-state index contributed by atoms with van der Waals surface area (Å²) in [5.74, 6) is -1.35. The van der Waals surface area contributed by atoms with Crippen LogP contribution in [0.5, 0.6) is 0 Å². The van der Waals surface area contributed by atoms with Gasteiger partial charge in [-0.2, -0.15) is 25.6 Å². The number of hydrogen-bond acceptors (Lipinski definition) is 6. The standard InChI is InChI=1S/2C7H5NO3S.C4H10N2/c2*9-7-5-3-1-2-4-6(5)12(10,11)8-7;1-2-6-4-3-5-1/h2*1-4H,(H,8,9);5-6H,1-4H2. The summed E-state index contributed by atoms with van der Waals surface area (Å²) in [7, 11) is -7.36. The normalized spacial score (nSPS) is 19.6. The van der Waals surface area contributed by atoms with Crippen molar-refractivity contribution in [1.29, 1.82) is 0 Å². The maximum absolute atomic E-state index is 11.1. The third-order valence-corrected chi connectivity index (χ3v) is 6.98. The molecule has 0 radical (unpaired) electrons. The fourth-order valence-electron chi connectivity index (χ4n) is 2.91. The second kappa shape index (κ2) is 8.92. The van der Waals surface area contributed by atoms with Gasteiger partial charge in [0.1, 0.15) is 26.2 Å². The van der Waals surface area contributed by atoms with Crippen LogP contribution in [-0.2, 0) is 20.0 Å². The lowest BCUT2D eigenvalue weighted by Crippen LogP contribution is -3.04. The monoisotopic (exact) mass is 452 g/mol. The van der Waals surface area contributed by atoms with E-state index in [1.807, 2.05) is 0 Å². The molecule has 3 heterocycles. The molecule has 0 saturated carbocycles. The fourth-order valence-corrected chi connectivity index (χ4v) is 5.11. The van der Waals surface area contributed by atoms with Gasteiger partial charge in [-0.25, -0.2) is 0 Å². The molecule has 12 heteroatoms. The van der Waals surface area contributed by atoms with E-state index in [0.29, 0.717) is 0 Å². The van der Waals surface area contributed by atoms with Gasteiger partial charge in [0.2, 0.25) is 0 Å². The van der Waals surface area contributed by atoms with Crippen LogP contribution in [0.1, 0.15) is 11.1 Å². The van der Waals surface area contributed by atoms with Crippen LogP contribution in [0.15, 0.2) is 67.1 Å². The average Bonchev–Trinajstić information content (AvgIpc) is 3.13. The summed E-state index contributed by atoms with van der Waals surface area (Å²) in [6.07, 6.45) is 0. The summed E-state index contributed by atoms with van der Waals surface area (Å²) in [4.78, 5) is 0.0185. The number of sulfonamides is 2. The number of nitrogens with two attached hydrogens (primary N) is 2. The van der Waals surface area contributed by atoms with Gasteiger partial charge in [0.25, 0.3) is 20.0 Å². The summed E-state index contributed by atoms with van der Waals surface area (Å²) in [6, 6.07) is 12.0. The summed E-state index contributed by atoms with van der Waals surface area (Å²) >= 11 is 0. The zero-order valence-corrected chi connectivity index (χ0v) is 17.4. The van der Waals surface area contributed by atoms with Crippen LogP contribution in [0.25, 0.3) is 0 Å². The van der Waals surface area contributed by atoms with Gasteiger partial charge in [0.15, 0.2) is 0 Å². The number of benzene rings is 2. The van der Waals surface area contributed by atoms with Crippen molar-refractivity contribution in [3.8, 4) is 0 Å². The Morgan fingerprint density at radius 2 is 0.967 bits per heavy atom. The molecule has 0 unspecified atom stereocenters. The number of rotatable bonds is 0. The SMILES string of the molecule is C1C[NH2+]CC[NH2+]1.O=S1(=O)N=C([O-])c2ccccc21.O=S1(=O)N=C([O-])c2ccccc21. The average molecular weight is 453 g/mol. The van der Waals surface area contributed by atoms with Crippen molar-refractivity contribution >= 4 is 31.8 Å². The molecule has 0 amide bonds. The van der Waals surface area contributed by atoms with Crippen molar-refractivity contribution in [2.24, 2.45) is 8.80 Å². The minimum absolute atomic E-state index is 0.00926. The Morgan fingerprint density at radius 3 is 1.27 bits per heavy atom. The summed E-state index contributed by atoms with van der Waals surface area (Å²) in [5.41, 5.74) is 0.329. The number of quaternary nitrogens is 2. The zero-order valence-electron chi connectivity index (χ0n) is 15.8. The van der Waals surface area contributed by atoms with E-state index >= 15 is 0 Å². The van der Waals surface area contributed by atoms with Crippen molar-refractivity contribution < 1.29 is 37.7 Å². The molecule has 2 aromatic rings. The van der Waals surface area contributed by atoms with Gasteiger partial charge in [-0.3, -0.25) is 0 Å². The van der Waals surface area contributed by atoms with Crippen LogP contribution in [-0.4, -0.2) is 54.8 Å². The Balaban J connectivity index is 0.000000136. The highest BCUT2D eigenvalue weighted by Gasteiger charge is 2.23. The minimum Gasteiger partial charge on any atom is -0.858 e. The van der Waals surface area contributed by atoms with Gasteiger partial charge in [0.05, 0.1) is 9.79 Å². The van der Waals surface area contributed by atoms with Gasteiger partial charge in [-0.05, 0) is 12.1 Å². The van der Waals surface area contributed by atoms with Crippen LogP contribution in [0.4, 0.5) is 0 Å². The molecule has 0 atom stereocenters. The van der Waals surface area contributed by atoms with Crippen molar-refractivity contribution in [2.45, 2.75) is 9.79 Å². The van der Waals surface area contributed by atoms with Crippen molar-refractivity contribution in [3.63, 3.8) is 0 Å². The predicted octanol–water partition coefficient (Wildman–Crippen LogP) is -3.88. The van der Waals surface area contributed by atoms with Crippen molar-refractivity contribution in [1.82, 2.24) is 0 Å². The highest BCUT2D eigenvalue weighted by Crippen LogP contribution is 2.24. The lowest BCUT2D eigenvalue weighted by atomic mass is 10.2. The molecule has 4 N–H and O–H groups in total. The topological polar surface area (TPSA) is 172 Å². The van der Waals surface area contributed by atoms with Crippen LogP contribution in [0.2, 0.25) is 0 Å². The first-order chi connectivity index (χ1) is 14.2. The molecule has 2 aromatic carbocycles. The molecule has 1 fully saturated rings. The van der Waals surface area contributed by atoms with Crippen LogP contribution in [0.3, 0.4) is 0 Å². The van der Waals surface area contributed by atoms with Gasteiger partial charge >= 0.3 is 0 Å². The first-order valence-electron chi connectivity index (χ1n) is 9.08. The number of fused-ring (bicyclic) bond motifs is 2. The molecule has 0 spiro atoms. The number of piperazine rings is 1. The largest absolute Gasteiger partial charge is 0.858 e. The first-order valence-corrected chi connectivity index (χ1v) is 12.0. The molecule has 3 aliphatic heterocycles. The molecular weight excluding hydrogens is 432 g/mol. The Hall–Kier alpha value is -2.80. The maximum Gasteiger partial charge on any atom is 0.282 e. The van der Waals surface area contributed by atoms with Crippen molar-refractivity contribution in [3.05, 3.63) is 59.7 Å². The summed E-state index contributed by atoms with van der Waals surface area (Å²) < 4.78 is 50.3. The number of hydrogen-bond donors (Lipinski definition) is 2. The third-order valence-electron chi connectivity index (χ3n) is 4.35. The highest BCUT2D eigenvalue weighted by molar-refractivity contribution is 7.91. The predicted molar refractivity (Wildman–Crippen MR) is 104 cm³/mol. The maximum atomic E-state index is 11.1. The Labute approximate surface area is 174 Å². The number of nitrogens with zero attached hydrogens (tertiary/aromatic N) is 2. The van der Waals surface area contributed by atoms with Gasteiger partial charge < -0.3 is 20.8 Å². The van der Waals surface area contributed by atoms with Crippen LogP contribution in [0, 0.1) is 0 Å². The molecule has 3 aliphatic rings. The molecular formula is C18H20N4O6S2. The van der Waals surface area contributed by atoms with Gasteiger partial charge in [-0.1, -0.05) is 36.4 Å². The molecule has 10 nitrogen and oxygen atoms in total. The second-order valence-corrected chi connectivity index (χ2v) is 9.61. The Bertz CT molecular complexity index is 1100. The van der Waals surface area contributed by atoms with Gasteiger partial charge in [0, 0.05) is 22.9 Å². The minimum atomic E-state index is -3.68. The lowest BCUT2D eigenvalue weighted by Gasteiger charge is -2.04. The quantitative estimate of drug-likeness (QED) is 0.414. The van der Waals surface area contributed by atoms with Crippen molar-refractivity contribution in [2.75, 3.05) is 26.2 Å². The van der Waals surface area contributed by atoms with E-state index in [1.54, 1.807) is 24.3 Å². The van der Waals surface area contributed by atoms with E-state index < -0.39 is 31.8 Å². The molecule has 0 aliphatic carbocycles. The first kappa shape index (κ1) is 21.9. The smallest absolute Gasteiger partial charge is 0.282 e. The Kier molecular flexibility index (Phi) is 6.51. The van der Waals surface area contributed by atoms with E-state index in [-0.39, 0.29) is 20.9 Å². The second-order valence-electron chi connectivity index (χ2n) is 6.47. The van der Waals surface area contributed by atoms with E-state index in [0.717, 1.165) is 0 Å². The fraction of sp³-hybridized carbons (Fsp3) is 0.222. The van der Waals surface area contributed by atoms with Crippen LogP contribution >= 0.6 is 0 Å². The molecule has 0 aromatic heterocycles. The summed E-state index contributed by atoms with van der Waals surface area (Å²) in [6.45, 7) is 5.28. The molecule has 0 bridgehead atoms. The molecule has 5 rings (SSSR count). The third kappa shape index (κ3) is 4.84. The van der Waals surface area contributed by atoms with E-state index in [2.05, 4.69) is 19.4 Å². The lowest BCUT2D eigenvalue weighted by molar-refractivity contribution is -0.787. The highest BCUT2D eigenvalue weighted by atomic mass is 32.2. The molecule has 160 valence electrons. The Morgan fingerprint density at radius 1 is 0.633 bits per heavy atom.